The Labute approximate surface area is 164 Å². The predicted molar refractivity (Wildman–Crippen MR) is 102 cm³/mol. The van der Waals surface area contributed by atoms with Crippen LogP contribution in [0.3, 0.4) is 0 Å². The number of anilines is 2. The van der Waals surface area contributed by atoms with Crippen LogP contribution in [0.4, 0.5) is 24.7 Å². The molecule has 2 aromatic heterocycles. The number of amides is 1. The molecular formula is C18H20F3N5OS. The molecule has 3 N–H and O–H groups in total. The van der Waals surface area contributed by atoms with Crippen LogP contribution in [-0.4, -0.2) is 29.0 Å². The number of carbonyl (C=O) groups excluding carboxylic acids is 1. The van der Waals surface area contributed by atoms with Crippen molar-refractivity contribution >= 4 is 29.4 Å². The van der Waals surface area contributed by atoms with Gasteiger partial charge in [0.15, 0.2) is 0 Å². The van der Waals surface area contributed by atoms with Gasteiger partial charge in [-0.05, 0) is 48.9 Å². The van der Waals surface area contributed by atoms with Gasteiger partial charge in [-0.3, -0.25) is 9.93 Å². The van der Waals surface area contributed by atoms with Gasteiger partial charge in [-0.2, -0.15) is 13.2 Å². The first-order valence-corrected chi connectivity index (χ1v) is 9.62. The minimum atomic E-state index is -4.59. The highest BCUT2D eigenvalue weighted by Gasteiger charge is 2.33. The molecule has 3 heterocycles. The van der Waals surface area contributed by atoms with E-state index in [0.717, 1.165) is 37.1 Å². The third kappa shape index (κ3) is 4.74. The van der Waals surface area contributed by atoms with Gasteiger partial charge in [-0.1, -0.05) is 6.92 Å². The van der Waals surface area contributed by atoms with Crippen molar-refractivity contribution in [2.75, 3.05) is 23.3 Å². The number of rotatable bonds is 4. The second kappa shape index (κ2) is 8.36. The van der Waals surface area contributed by atoms with Crippen molar-refractivity contribution in [2.45, 2.75) is 31.0 Å². The Hall–Kier alpha value is -2.33. The van der Waals surface area contributed by atoms with Crippen molar-refractivity contribution in [3.05, 3.63) is 41.7 Å². The monoisotopic (exact) mass is 411 g/mol. The van der Waals surface area contributed by atoms with Crippen molar-refractivity contribution in [1.82, 2.24) is 9.97 Å². The minimum Gasteiger partial charge on any atom is -0.356 e. The normalized spacial score (nSPS) is 17.5. The molecule has 10 heteroatoms. The first-order valence-electron chi connectivity index (χ1n) is 8.74. The summed E-state index contributed by atoms with van der Waals surface area (Å²) in [5, 5.41) is 8.56. The van der Waals surface area contributed by atoms with E-state index < -0.39 is 17.6 Å². The van der Waals surface area contributed by atoms with Gasteiger partial charge in [0.1, 0.15) is 10.8 Å². The molecule has 6 nitrogen and oxygen atoms in total. The lowest BCUT2D eigenvalue weighted by atomic mass is 9.99. The quantitative estimate of drug-likeness (QED) is 0.742. The summed E-state index contributed by atoms with van der Waals surface area (Å²) >= 11 is 0.906. The van der Waals surface area contributed by atoms with Gasteiger partial charge in [0.05, 0.1) is 11.1 Å². The van der Waals surface area contributed by atoms with E-state index in [9.17, 15) is 18.0 Å². The van der Waals surface area contributed by atoms with E-state index in [1.54, 1.807) is 12.1 Å². The van der Waals surface area contributed by atoms with Crippen molar-refractivity contribution in [3.63, 3.8) is 0 Å². The highest BCUT2D eigenvalue weighted by Crippen LogP contribution is 2.33. The summed E-state index contributed by atoms with van der Waals surface area (Å²) in [5.41, 5.74) is -0.676. The molecule has 1 unspecified atom stereocenters. The fourth-order valence-corrected chi connectivity index (χ4v) is 3.48. The molecule has 150 valence electrons. The molecule has 0 bridgehead atoms. The zero-order valence-corrected chi connectivity index (χ0v) is 16.0. The maximum atomic E-state index is 13.2. The summed E-state index contributed by atoms with van der Waals surface area (Å²) in [4.78, 5) is 22.7. The van der Waals surface area contributed by atoms with Gasteiger partial charge in [0, 0.05) is 31.2 Å². The van der Waals surface area contributed by atoms with Gasteiger partial charge in [0.25, 0.3) is 5.91 Å². The molecular weight excluding hydrogens is 391 g/mol. The van der Waals surface area contributed by atoms with Crippen LogP contribution in [0, 0.1) is 5.92 Å². The van der Waals surface area contributed by atoms with Gasteiger partial charge in [-0.25, -0.2) is 9.97 Å². The second-order valence-corrected chi connectivity index (χ2v) is 7.40. The highest BCUT2D eigenvalue weighted by atomic mass is 32.2. The number of nitrogens with two attached hydrogens (primary N) is 1. The van der Waals surface area contributed by atoms with E-state index in [-0.39, 0.29) is 11.4 Å². The Morgan fingerprint density at radius 3 is 2.82 bits per heavy atom. The summed E-state index contributed by atoms with van der Waals surface area (Å²) in [6.07, 6.45) is -0.416. The number of alkyl halides is 3. The number of carbonyl (C=O) groups is 1. The average molecular weight is 411 g/mol. The number of aromatic nitrogens is 2. The molecule has 1 aliphatic heterocycles. The summed E-state index contributed by atoms with van der Waals surface area (Å²) in [7, 11) is 0. The lowest BCUT2D eigenvalue weighted by Crippen LogP contribution is -2.36. The number of nitrogens with one attached hydrogen (secondary N) is 1. The molecule has 0 saturated carbocycles. The SMILES string of the molecule is CC1CCCN(c2ncc(C(F)(F)F)cc2C(=O)Nc2ccnc(SN)c2)C1. The Kier molecular flexibility index (Phi) is 6.09. The molecule has 0 radical (unpaired) electrons. The topological polar surface area (TPSA) is 84.1 Å². The van der Waals surface area contributed by atoms with Crippen LogP contribution < -0.4 is 15.4 Å². The van der Waals surface area contributed by atoms with Crippen LogP contribution in [0.15, 0.2) is 35.6 Å². The Morgan fingerprint density at radius 1 is 1.36 bits per heavy atom. The number of halogens is 3. The van der Waals surface area contributed by atoms with Crippen LogP contribution in [0.2, 0.25) is 0 Å². The summed E-state index contributed by atoms with van der Waals surface area (Å²) in [5.74, 6) is -0.0244. The largest absolute Gasteiger partial charge is 0.417 e. The molecule has 3 rings (SSSR count). The first-order chi connectivity index (χ1) is 13.3. The number of nitrogens with zero attached hydrogens (tertiary/aromatic N) is 3. The molecule has 0 aromatic carbocycles. The maximum absolute atomic E-state index is 13.2. The van der Waals surface area contributed by atoms with E-state index in [2.05, 4.69) is 22.2 Å². The molecule has 28 heavy (non-hydrogen) atoms. The van der Waals surface area contributed by atoms with E-state index in [4.69, 9.17) is 5.14 Å². The van der Waals surface area contributed by atoms with Crippen LogP contribution in [0.5, 0.6) is 0 Å². The molecule has 1 saturated heterocycles. The van der Waals surface area contributed by atoms with E-state index in [0.29, 0.717) is 29.7 Å². The summed E-state index contributed by atoms with van der Waals surface area (Å²) in [6.45, 7) is 3.35. The van der Waals surface area contributed by atoms with Gasteiger partial charge >= 0.3 is 6.18 Å². The minimum absolute atomic E-state index is 0.109. The third-order valence-corrected chi connectivity index (χ3v) is 4.97. The van der Waals surface area contributed by atoms with Crippen molar-refractivity contribution in [3.8, 4) is 0 Å². The Balaban J connectivity index is 1.96. The van der Waals surface area contributed by atoms with Crippen molar-refractivity contribution < 1.29 is 18.0 Å². The Bertz CT molecular complexity index is 861. The predicted octanol–water partition coefficient (Wildman–Crippen LogP) is 3.95. The molecule has 0 spiro atoms. The highest BCUT2D eigenvalue weighted by molar-refractivity contribution is 7.97. The molecule has 0 aliphatic carbocycles. The van der Waals surface area contributed by atoms with E-state index in [1.165, 1.54) is 6.20 Å². The standard InChI is InChI=1S/C18H20F3N5OS/c1-11-3-2-6-26(10-11)16-14(7-12(9-24-16)18(19,20)21)17(27)25-13-4-5-23-15(8-13)28-22/h4-5,7-9,11H,2-3,6,10,22H2,1H3,(H,23,25,27). The smallest absolute Gasteiger partial charge is 0.356 e. The number of piperidine rings is 1. The molecule has 1 atom stereocenters. The van der Waals surface area contributed by atoms with Crippen molar-refractivity contribution in [2.24, 2.45) is 11.1 Å². The summed E-state index contributed by atoms with van der Waals surface area (Å²) in [6, 6.07) is 3.95. The molecule has 2 aromatic rings. The fraction of sp³-hybridized carbons (Fsp3) is 0.389. The van der Waals surface area contributed by atoms with Gasteiger partial charge < -0.3 is 10.2 Å². The number of hydrogen-bond acceptors (Lipinski definition) is 6. The maximum Gasteiger partial charge on any atom is 0.417 e. The zero-order chi connectivity index (χ0) is 20.3. The fourth-order valence-electron chi connectivity index (χ4n) is 3.16. The lowest BCUT2D eigenvalue weighted by molar-refractivity contribution is -0.137. The average Bonchev–Trinajstić information content (AvgIpc) is 2.67. The van der Waals surface area contributed by atoms with Crippen molar-refractivity contribution in [1.29, 1.82) is 0 Å². The lowest BCUT2D eigenvalue weighted by Gasteiger charge is -2.33. The van der Waals surface area contributed by atoms with Gasteiger partial charge in [0.2, 0.25) is 0 Å². The second-order valence-electron chi connectivity index (χ2n) is 6.74. The van der Waals surface area contributed by atoms with E-state index in [1.807, 2.05) is 4.90 Å². The summed E-state index contributed by atoms with van der Waals surface area (Å²) < 4.78 is 39.5. The van der Waals surface area contributed by atoms with Gasteiger partial charge in [-0.15, -0.1) is 0 Å². The van der Waals surface area contributed by atoms with Crippen LogP contribution in [0.1, 0.15) is 35.7 Å². The third-order valence-electron chi connectivity index (χ3n) is 4.51. The van der Waals surface area contributed by atoms with E-state index >= 15 is 0 Å². The first kappa shape index (κ1) is 20.4. The Morgan fingerprint density at radius 2 is 2.14 bits per heavy atom. The molecule has 1 amide bonds. The zero-order valence-electron chi connectivity index (χ0n) is 15.2. The number of hydrogen-bond donors (Lipinski definition) is 2. The molecule has 1 fully saturated rings. The van der Waals surface area contributed by atoms with Crippen LogP contribution in [-0.2, 0) is 6.18 Å². The van der Waals surface area contributed by atoms with Crippen LogP contribution in [0.25, 0.3) is 0 Å². The molecule has 1 aliphatic rings. The van der Waals surface area contributed by atoms with Crippen LogP contribution >= 0.6 is 11.9 Å². The number of pyridine rings is 2.